The summed E-state index contributed by atoms with van der Waals surface area (Å²) >= 11 is 0. The van der Waals surface area contributed by atoms with Gasteiger partial charge in [-0.3, -0.25) is 19.4 Å². The average Bonchev–Trinajstić information content (AvgIpc) is 3.68. The van der Waals surface area contributed by atoms with Crippen molar-refractivity contribution in [2.75, 3.05) is 7.05 Å². The Morgan fingerprint density at radius 2 is 1.25 bits per heavy atom. The molecule has 0 radical (unpaired) electrons. The molecule has 9 heteroatoms. The molecule has 2 amide bonds. The molecule has 4 aromatic rings. The van der Waals surface area contributed by atoms with Crippen LogP contribution in [0.1, 0.15) is 81.8 Å². The minimum absolute atomic E-state index is 0.138. The van der Waals surface area contributed by atoms with Crippen LogP contribution in [0, 0.1) is 22.2 Å². The van der Waals surface area contributed by atoms with Crippen molar-refractivity contribution in [1.29, 1.82) is 5.26 Å². The highest BCUT2D eigenvalue weighted by Crippen LogP contribution is 2.65. The van der Waals surface area contributed by atoms with Crippen LogP contribution in [0.3, 0.4) is 0 Å². The van der Waals surface area contributed by atoms with Gasteiger partial charge in [-0.1, -0.05) is 78.9 Å². The number of carbonyl (C=O) groups excluding carboxylic acids is 2. The van der Waals surface area contributed by atoms with Crippen molar-refractivity contribution in [3.05, 3.63) is 141 Å². The fourth-order valence-corrected chi connectivity index (χ4v) is 11.5. The first-order chi connectivity index (χ1) is 25.7. The third-order valence-electron chi connectivity index (χ3n) is 14.0. The van der Waals surface area contributed by atoms with Crippen molar-refractivity contribution in [3.8, 4) is 6.07 Å². The molecule has 2 unspecified atom stereocenters. The Balaban J connectivity index is 1.15. The molecule has 4 N–H and O–H groups in total. The monoisotopic (exact) mass is 699 g/mol. The number of rotatable bonds is 1. The van der Waals surface area contributed by atoms with Gasteiger partial charge in [-0.05, 0) is 114 Å². The summed E-state index contributed by atoms with van der Waals surface area (Å²) in [6, 6.07) is 32.5. The fraction of sp³-hybridized carbons (Fsp3) is 0.341. The number of guanidine groups is 2. The van der Waals surface area contributed by atoms with Crippen LogP contribution in [-0.4, -0.2) is 40.6 Å². The maximum Gasteiger partial charge on any atom is 0.263 e. The molecule has 2 aliphatic heterocycles. The zero-order valence-electron chi connectivity index (χ0n) is 29.8. The highest BCUT2D eigenvalue weighted by Gasteiger charge is 2.70. The summed E-state index contributed by atoms with van der Waals surface area (Å²) in [5.74, 6) is 0.106. The lowest BCUT2D eigenvalue weighted by molar-refractivity contribution is -0.139. The number of fused-ring (bicyclic) bond motifs is 8. The average molecular weight is 700 g/mol. The molecule has 264 valence electrons. The molecule has 4 spiro atoms. The van der Waals surface area contributed by atoms with Gasteiger partial charge >= 0.3 is 0 Å². The van der Waals surface area contributed by atoms with E-state index >= 15 is 4.79 Å². The van der Waals surface area contributed by atoms with E-state index in [0.29, 0.717) is 37.7 Å². The Bertz CT molecular complexity index is 2370. The SMILES string of the molecule is CN1C(=O)[C@]2(N=C1N)c1ccccc1CC21CCc2ccccc2C(N2C(=O)[C@]3(N=C2N)c2cc(C#N)ccc2CC32CCc3ccccc3CC2)C1. The summed E-state index contributed by atoms with van der Waals surface area (Å²) in [7, 11) is 1.70. The fourth-order valence-electron chi connectivity index (χ4n) is 11.5. The van der Waals surface area contributed by atoms with E-state index in [1.165, 1.54) is 16.0 Å². The van der Waals surface area contributed by atoms with E-state index < -0.39 is 27.9 Å². The van der Waals surface area contributed by atoms with Crippen LogP contribution >= 0.6 is 0 Å². The lowest BCUT2D eigenvalue weighted by atomic mass is 9.63. The molecule has 53 heavy (non-hydrogen) atoms. The molecule has 0 aromatic heterocycles. The summed E-state index contributed by atoms with van der Waals surface area (Å²) in [5.41, 5.74) is 18.9. The number of amides is 2. The topological polar surface area (TPSA) is 141 Å². The Morgan fingerprint density at radius 1 is 0.679 bits per heavy atom. The van der Waals surface area contributed by atoms with Gasteiger partial charge in [0, 0.05) is 17.9 Å². The highest BCUT2D eigenvalue weighted by atomic mass is 16.2. The molecule has 10 rings (SSSR count). The van der Waals surface area contributed by atoms with Gasteiger partial charge in [0.05, 0.1) is 17.7 Å². The number of aliphatic imine (C=N–C) groups is 2. The molecule has 4 aliphatic carbocycles. The molecular weight excluding hydrogens is 659 g/mol. The molecule has 9 nitrogen and oxygen atoms in total. The van der Waals surface area contributed by atoms with Crippen LogP contribution in [0.15, 0.2) is 101 Å². The first kappa shape index (κ1) is 31.9. The van der Waals surface area contributed by atoms with Crippen LogP contribution < -0.4 is 11.5 Å². The number of nitrogens with two attached hydrogens (primary N) is 2. The zero-order valence-corrected chi connectivity index (χ0v) is 29.8. The van der Waals surface area contributed by atoms with Crippen LogP contribution in [0.2, 0.25) is 0 Å². The van der Waals surface area contributed by atoms with Gasteiger partial charge in [-0.25, -0.2) is 9.98 Å². The van der Waals surface area contributed by atoms with Gasteiger partial charge in [0.1, 0.15) is 0 Å². The Kier molecular flexibility index (Phi) is 6.56. The van der Waals surface area contributed by atoms with Gasteiger partial charge in [-0.2, -0.15) is 5.26 Å². The van der Waals surface area contributed by atoms with E-state index in [0.717, 1.165) is 59.1 Å². The first-order valence-electron chi connectivity index (χ1n) is 18.8. The van der Waals surface area contributed by atoms with Gasteiger partial charge < -0.3 is 11.5 Å². The second-order valence-electron chi connectivity index (χ2n) is 16.1. The highest BCUT2D eigenvalue weighted by molar-refractivity contribution is 6.10. The van der Waals surface area contributed by atoms with Crippen LogP contribution in [0.25, 0.3) is 0 Å². The number of nitriles is 1. The van der Waals surface area contributed by atoms with Crippen molar-refractivity contribution in [1.82, 2.24) is 9.80 Å². The Labute approximate surface area is 309 Å². The minimum Gasteiger partial charge on any atom is -0.369 e. The smallest absolute Gasteiger partial charge is 0.263 e. The predicted molar refractivity (Wildman–Crippen MR) is 201 cm³/mol. The van der Waals surface area contributed by atoms with E-state index in [4.69, 9.17) is 21.5 Å². The molecule has 0 saturated carbocycles. The summed E-state index contributed by atoms with van der Waals surface area (Å²) in [5, 5.41) is 10.1. The normalized spacial score (nSPS) is 29.1. The van der Waals surface area contributed by atoms with Crippen LogP contribution in [-0.2, 0) is 52.8 Å². The number of hydrogen-bond donors (Lipinski definition) is 2. The van der Waals surface area contributed by atoms with E-state index in [1.807, 2.05) is 48.5 Å². The van der Waals surface area contributed by atoms with E-state index in [1.54, 1.807) is 11.9 Å². The van der Waals surface area contributed by atoms with Crippen molar-refractivity contribution in [2.24, 2.45) is 32.3 Å². The van der Waals surface area contributed by atoms with Crippen LogP contribution in [0.5, 0.6) is 0 Å². The lowest BCUT2D eigenvalue weighted by Gasteiger charge is -2.44. The standard InChI is InChI=1S/C44H41N7O2/c1-50-37(52)43(48-39(50)46)34-13-7-5-11-31(34)24-42(43)21-18-30-10-4-6-12-33(30)36(25-42)51-38(53)44(49-40(51)47)35-22-27(26-45)14-15-32(35)23-41(44)19-16-28-8-2-3-9-29(28)17-20-41/h2-15,22,36H,16-21,23-25H2,1H3,(H2,46,48)(H2,47,49)/t36?,42?,43-,44-/m1/s1. The molecule has 6 aliphatic rings. The first-order valence-corrected chi connectivity index (χ1v) is 18.8. The largest absolute Gasteiger partial charge is 0.369 e. The van der Waals surface area contributed by atoms with Gasteiger partial charge in [0.15, 0.2) is 23.0 Å². The van der Waals surface area contributed by atoms with Crippen molar-refractivity contribution in [3.63, 3.8) is 0 Å². The number of hydrogen-bond acceptors (Lipinski definition) is 7. The molecule has 4 atom stereocenters. The van der Waals surface area contributed by atoms with E-state index in [2.05, 4.69) is 48.5 Å². The van der Waals surface area contributed by atoms with Crippen molar-refractivity contribution >= 4 is 23.7 Å². The number of carbonyl (C=O) groups is 2. The predicted octanol–water partition coefficient (Wildman–Crippen LogP) is 5.33. The summed E-state index contributed by atoms with van der Waals surface area (Å²) in [4.78, 5) is 44.4. The van der Waals surface area contributed by atoms with E-state index in [-0.39, 0.29) is 23.7 Å². The summed E-state index contributed by atoms with van der Waals surface area (Å²) in [6.07, 6.45) is 6.28. The van der Waals surface area contributed by atoms with Gasteiger partial charge in [-0.15, -0.1) is 0 Å². The van der Waals surface area contributed by atoms with Gasteiger partial charge in [0.2, 0.25) is 0 Å². The third kappa shape index (κ3) is 3.96. The second-order valence-corrected chi connectivity index (χ2v) is 16.1. The maximum absolute atomic E-state index is 16.0. The molecular formula is C44H41N7O2. The molecule has 0 saturated heterocycles. The van der Waals surface area contributed by atoms with Gasteiger partial charge in [0.25, 0.3) is 11.8 Å². The summed E-state index contributed by atoms with van der Waals surface area (Å²) in [6.45, 7) is 0. The Morgan fingerprint density at radius 3 is 1.94 bits per heavy atom. The van der Waals surface area contributed by atoms with Crippen LogP contribution in [0.4, 0.5) is 0 Å². The minimum atomic E-state index is -1.29. The number of benzene rings is 4. The zero-order chi connectivity index (χ0) is 36.3. The molecule has 0 fully saturated rings. The van der Waals surface area contributed by atoms with Crippen molar-refractivity contribution < 1.29 is 9.59 Å². The number of aryl methyl sites for hydroxylation is 3. The molecule has 0 bridgehead atoms. The van der Waals surface area contributed by atoms with E-state index in [9.17, 15) is 10.1 Å². The molecule has 2 heterocycles. The quantitative estimate of drug-likeness (QED) is 0.276. The molecule has 4 aromatic carbocycles. The van der Waals surface area contributed by atoms with Crippen molar-refractivity contribution in [2.45, 2.75) is 74.9 Å². The third-order valence-corrected chi connectivity index (χ3v) is 14.0. The maximum atomic E-state index is 16.0. The second kappa shape index (κ2) is 10.9. The summed E-state index contributed by atoms with van der Waals surface area (Å²) < 4.78 is 0. The lowest BCUT2D eigenvalue weighted by Crippen LogP contribution is -2.54. The Hall–Kier alpha value is -5.75. The number of likely N-dealkylation sites (N-methyl/N-ethyl adjacent to an activating group) is 1. The number of nitrogens with zero attached hydrogens (tertiary/aromatic N) is 5.